The number of carboxylic acids is 1. The summed E-state index contributed by atoms with van der Waals surface area (Å²) in [5, 5.41) is 9.58. The summed E-state index contributed by atoms with van der Waals surface area (Å²) >= 11 is 0. The molecule has 2 unspecified atom stereocenters. The number of carboxylic acid groups (broad SMARTS) is 1. The summed E-state index contributed by atoms with van der Waals surface area (Å²) in [5.74, 6) is -1.43. The van der Waals surface area contributed by atoms with Crippen LogP contribution in [0.25, 0.3) is 0 Å². The van der Waals surface area contributed by atoms with Gasteiger partial charge in [-0.25, -0.2) is 0 Å². The minimum absolute atomic E-state index is 0.0903. The zero-order valence-corrected chi connectivity index (χ0v) is 11.6. The normalized spacial score (nSPS) is 32.5. The van der Waals surface area contributed by atoms with E-state index < -0.39 is 11.4 Å². The van der Waals surface area contributed by atoms with Gasteiger partial charge in [0.2, 0.25) is 11.8 Å². The molecule has 1 aliphatic heterocycles. The van der Waals surface area contributed by atoms with Crippen LogP contribution < -0.4 is 0 Å². The largest absolute Gasteiger partial charge is 0.481 e. The van der Waals surface area contributed by atoms with Gasteiger partial charge in [0, 0.05) is 6.54 Å². The molecule has 0 radical (unpaired) electrons. The van der Waals surface area contributed by atoms with Crippen LogP contribution in [0.15, 0.2) is 0 Å². The summed E-state index contributed by atoms with van der Waals surface area (Å²) in [5.41, 5.74) is -0.901. The standard InChI is InChI=1S/C15H21NO4/c17-12-10-5-4-6-11(10)13(18)16(12)9-15(14(19)20)7-2-1-3-8-15/h10-11H,1-9H2,(H,19,20). The van der Waals surface area contributed by atoms with Crippen molar-refractivity contribution in [3.8, 4) is 0 Å². The van der Waals surface area contributed by atoms with Crippen LogP contribution in [0.2, 0.25) is 0 Å². The Hall–Kier alpha value is -1.39. The van der Waals surface area contributed by atoms with Crippen LogP contribution in [0.5, 0.6) is 0 Å². The number of carbonyl (C=O) groups excluding carboxylic acids is 2. The molecule has 3 rings (SSSR count). The van der Waals surface area contributed by atoms with Gasteiger partial charge in [0.15, 0.2) is 0 Å². The second kappa shape index (κ2) is 4.86. The Morgan fingerprint density at radius 1 is 1.05 bits per heavy atom. The molecule has 2 saturated carbocycles. The van der Waals surface area contributed by atoms with Crippen molar-refractivity contribution in [3.63, 3.8) is 0 Å². The summed E-state index contributed by atoms with van der Waals surface area (Å²) in [6.07, 6.45) is 6.44. The Labute approximate surface area is 118 Å². The van der Waals surface area contributed by atoms with Crippen molar-refractivity contribution in [2.24, 2.45) is 17.3 Å². The Bertz CT molecular complexity index is 431. The Balaban J connectivity index is 1.81. The minimum atomic E-state index is -0.901. The topological polar surface area (TPSA) is 74.7 Å². The average Bonchev–Trinajstić information content (AvgIpc) is 3.00. The third-order valence-corrected chi connectivity index (χ3v) is 5.41. The Morgan fingerprint density at radius 3 is 2.10 bits per heavy atom. The lowest BCUT2D eigenvalue weighted by molar-refractivity contribution is -0.155. The highest BCUT2D eigenvalue weighted by atomic mass is 16.4. The van der Waals surface area contributed by atoms with E-state index in [1.54, 1.807) is 0 Å². The highest BCUT2D eigenvalue weighted by Crippen LogP contribution is 2.43. The Morgan fingerprint density at radius 2 is 1.60 bits per heavy atom. The van der Waals surface area contributed by atoms with Crippen molar-refractivity contribution < 1.29 is 19.5 Å². The fourth-order valence-electron chi connectivity index (χ4n) is 4.19. The molecule has 1 heterocycles. The molecule has 20 heavy (non-hydrogen) atoms. The number of hydrogen-bond acceptors (Lipinski definition) is 3. The van der Waals surface area contributed by atoms with Gasteiger partial charge >= 0.3 is 5.97 Å². The molecule has 0 aromatic carbocycles. The van der Waals surface area contributed by atoms with Crippen LogP contribution in [0, 0.1) is 17.3 Å². The third kappa shape index (κ3) is 1.95. The van der Waals surface area contributed by atoms with Gasteiger partial charge in [-0.1, -0.05) is 25.7 Å². The van der Waals surface area contributed by atoms with Crippen LogP contribution in [-0.2, 0) is 14.4 Å². The molecule has 2 amide bonds. The van der Waals surface area contributed by atoms with Crippen molar-refractivity contribution in [2.45, 2.75) is 51.4 Å². The lowest BCUT2D eigenvalue weighted by Gasteiger charge is -2.35. The van der Waals surface area contributed by atoms with E-state index in [0.717, 1.165) is 38.5 Å². The molecular formula is C15H21NO4. The predicted molar refractivity (Wildman–Crippen MR) is 70.7 cm³/mol. The highest BCUT2D eigenvalue weighted by molar-refractivity contribution is 6.05. The number of rotatable bonds is 3. The molecule has 1 saturated heterocycles. The van der Waals surface area contributed by atoms with Gasteiger partial charge in [-0.15, -0.1) is 0 Å². The number of nitrogens with zero attached hydrogens (tertiary/aromatic N) is 1. The molecule has 3 fully saturated rings. The molecule has 2 aliphatic carbocycles. The zero-order valence-electron chi connectivity index (χ0n) is 11.6. The smallest absolute Gasteiger partial charge is 0.311 e. The highest BCUT2D eigenvalue weighted by Gasteiger charge is 2.53. The van der Waals surface area contributed by atoms with Gasteiger partial charge in [-0.05, 0) is 25.7 Å². The van der Waals surface area contributed by atoms with Gasteiger partial charge in [-0.2, -0.15) is 0 Å². The molecule has 5 nitrogen and oxygen atoms in total. The lowest BCUT2D eigenvalue weighted by atomic mass is 9.73. The van der Waals surface area contributed by atoms with Gasteiger partial charge in [0.1, 0.15) is 0 Å². The van der Waals surface area contributed by atoms with E-state index in [1.807, 2.05) is 0 Å². The molecule has 2 atom stereocenters. The number of hydrogen-bond donors (Lipinski definition) is 1. The molecule has 0 aromatic rings. The first kappa shape index (κ1) is 13.6. The van der Waals surface area contributed by atoms with Crippen molar-refractivity contribution in [1.29, 1.82) is 0 Å². The first-order chi connectivity index (χ1) is 9.55. The number of likely N-dealkylation sites (tertiary alicyclic amines) is 1. The van der Waals surface area contributed by atoms with Crippen molar-refractivity contribution in [1.82, 2.24) is 4.90 Å². The van der Waals surface area contributed by atoms with Crippen LogP contribution in [0.3, 0.4) is 0 Å². The summed E-state index contributed by atoms with van der Waals surface area (Å²) in [7, 11) is 0. The molecule has 1 N–H and O–H groups in total. The predicted octanol–water partition coefficient (Wildman–Crippen LogP) is 1.81. The second-order valence-electron chi connectivity index (χ2n) is 6.55. The molecule has 0 spiro atoms. The maximum absolute atomic E-state index is 12.3. The molecular weight excluding hydrogens is 258 g/mol. The molecule has 3 aliphatic rings. The van der Waals surface area contributed by atoms with E-state index >= 15 is 0 Å². The minimum Gasteiger partial charge on any atom is -0.481 e. The quantitative estimate of drug-likeness (QED) is 0.799. The van der Waals surface area contributed by atoms with Crippen molar-refractivity contribution in [3.05, 3.63) is 0 Å². The fraction of sp³-hybridized carbons (Fsp3) is 0.800. The first-order valence-electron chi connectivity index (χ1n) is 7.64. The van der Waals surface area contributed by atoms with Crippen LogP contribution in [-0.4, -0.2) is 34.3 Å². The van der Waals surface area contributed by atoms with E-state index in [9.17, 15) is 19.5 Å². The molecule has 0 aromatic heterocycles. The maximum Gasteiger partial charge on any atom is 0.311 e. The van der Waals surface area contributed by atoms with Crippen LogP contribution in [0.1, 0.15) is 51.4 Å². The number of amides is 2. The van der Waals surface area contributed by atoms with Crippen molar-refractivity contribution in [2.75, 3.05) is 6.54 Å². The van der Waals surface area contributed by atoms with Crippen LogP contribution >= 0.6 is 0 Å². The van der Waals surface area contributed by atoms with Gasteiger partial charge in [0.25, 0.3) is 0 Å². The lowest BCUT2D eigenvalue weighted by Crippen LogP contribution is -2.47. The number of aliphatic carboxylic acids is 1. The number of carbonyl (C=O) groups is 3. The van der Waals surface area contributed by atoms with E-state index in [4.69, 9.17) is 0 Å². The Kier molecular flexibility index (Phi) is 3.30. The molecule has 0 bridgehead atoms. The summed E-state index contributed by atoms with van der Waals surface area (Å²) < 4.78 is 0. The van der Waals surface area contributed by atoms with E-state index in [-0.39, 0.29) is 30.2 Å². The van der Waals surface area contributed by atoms with Crippen molar-refractivity contribution >= 4 is 17.8 Å². The number of fused-ring (bicyclic) bond motifs is 1. The van der Waals surface area contributed by atoms with E-state index in [0.29, 0.717) is 12.8 Å². The SMILES string of the molecule is O=C1C2CCCC2C(=O)N1CC1(C(=O)O)CCCCC1. The number of imide groups is 1. The monoisotopic (exact) mass is 279 g/mol. The van der Waals surface area contributed by atoms with Gasteiger partial charge in [0.05, 0.1) is 17.3 Å². The van der Waals surface area contributed by atoms with E-state index in [1.165, 1.54) is 4.90 Å². The van der Waals surface area contributed by atoms with E-state index in [2.05, 4.69) is 0 Å². The zero-order chi connectivity index (χ0) is 14.3. The van der Waals surface area contributed by atoms with Gasteiger partial charge < -0.3 is 5.11 Å². The molecule has 5 heteroatoms. The van der Waals surface area contributed by atoms with Crippen LogP contribution in [0.4, 0.5) is 0 Å². The maximum atomic E-state index is 12.3. The summed E-state index contributed by atoms with van der Waals surface area (Å²) in [4.78, 5) is 37.6. The average molecular weight is 279 g/mol. The summed E-state index contributed by atoms with van der Waals surface area (Å²) in [6, 6.07) is 0. The summed E-state index contributed by atoms with van der Waals surface area (Å²) in [6.45, 7) is 0.0903. The second-order valence-corrected chi connectivity index (χ2v) is 6.55. The van der Waals surface area contributed by atoms with Gasteiger partial charge in [-0.3, -0.25) is 19.3 Å². The fourth-order valence-corrected chi connectivity index (χ4v) is 4.19. The third-order valence-electron chi connectivity index (χ3n) is 5.41. The molecule has 110 valence electrons. The first-order valence-corrected chi connectivity index (χ1v) is 7.64.